The van der Waals surface area contributed by atoms with Gasteiger partial charge in [-0.3, -0.25) is 0 Å². The third kappa shape index (κ3) is 3.02. The Morgan fingerprint density at radius 3 is 2.33 bits per heavy atom. The Hall–Kier alpha value is -0.860. The molecule has 0 radical (unpaired) electrons. The van der Waals surface area contributed by atoms with Crippen LogP contribution in [0.2, 0.25) is 0 Å². The molecule has 1 aromatic carbocycles. The summed E-state index contributed by atoms with van der Waals surface area (Å²) in [5.41, 5.74) is 3.09. The van der Waals surface area contributed by atoms with Gasteiger partial charge in [-0.25, -0.2) is 0 Å². The average Bonchev–Trinajstić information content (AvgIpc) is 2.47. The molecule has 3 rings (SSSR count). The average molecular weight is 287 g/mol. The molecule has 1 heterocycles. The summed E-state index contributed by atoms with van der Waals surface area (Å²) in [6, 6.07) is 9.69. The van der Waals surface area contributed by atoms with Crippen LogP contribution in [0, 0.1) is 5.92 Å². The number of ether oxygens (including phenoxy) is 1. The zero-order chi connectivity index (χ0) is 14.9. The van der Waals surface area contributed by atoms with E-state index in [0.717, 1.165) is 6.61 Å². The lowest BCUT2D eigenvalue weighted by molar-refractivity contribution is -0.147. The fourth-order valence-corrected chi connectivity index (χ4v) is 4.03. The first-order valence-corrected chi connectivity index (χ1v) is 8.55. The van der Waals surface area contributed by atoms with Gasteiger partial charge in [0.25, 0.3) is 0 Å². The lowest BCUT2D eigenvalue weighted by Gasteiger charge is -2.48. The lowest BCUT2D eigenvalue weighted by Crippen LogP contribution is -2.47. The molecule has 2 aliphatic rings. The number of hydrogen-bond acceptors (Lipinski definition) is 2. The van der Waals surface area contributed by atoms with Gasteiger partial charge in [0.2, 0.25) is 0 Å². The van der Waals surface area contributed by atoms with Gasteiger partial charge in [-0.2, -0.15) is 0 Å². The van der Waals surface area contributed by atoms with Gasteiger partial charge >= 0.3 is 0 Å². The maximum Gasteiger partial charge on any atom is 0.0686 e. The molecule has 2 nitrogen and oxygen atoms in total. The molecule has 2 unspecified atom stereocenters. The molecule has 0 amide bonds. The van der Waals surface area contributed by atoms with E-state index in [9.17, 15) is 0 Å². The van der Waals surface area contributed by atoms with Crippen LogP contribution in [0.25, 0.3) is 0 Å². The molecule has 1 aliphatic heterocycles. The summed E-state index contributed by atoms with van der Waals surface area (Å²) in [5.74, 6) is 1.31. The zero-order valence-electron chi connectivity index (χ0n) is 13.7. The standard InChI is InChI=1S/C19H29NO/c1-14(2)15-5-7-16(8-6-15)18(20-3)17-9-12-21-19(13-17)10-4-11-19/h5-8,14,17-18,20H,4,9-13H2,1-3H3. The Bertz CT molecular complexity index is 461. The molecule has 1 N–H and O–H groups in total. The molecule has 2 heteroatoms. The zero-order valence-corrected chi connectivity index (χ0v) is 13.7. The summed E-state index contributed by atoms with van der Waals surface area (Å²) in [4.78, 5) is 0. The van der Waals surface area contributed by atoms with Gasteiger partial charge in [-0.1, -0.05) is 38.1 Å². The predicted molar refractivity (Wildman–Crippen MR) is 87.6 cm³/mol. The van der Waals surface area contributed by atoms with Crippen molar-refractivity contribution in [2.75, 3.05) is 13.7 Å². The Morgan fingerprint density at radius 2 is 1.81 bits per heavy atom. The quantitative estimate of drug-likeness (QED) is 0.885. The van der Waals surface area contributed by atoms with Crippen LogP contribution in [0.4, 0.5) is 0 Å². The second kappa shape index (κ2) is 6.10. The first kappa shape index (κ1) is 15.1. The first-order valence-electron chi connectivity index (χ1n) is 8.55. The van der Waals surface area contributed by atoms with Crippen LogP contribution in [0.1, 0.15) is 69.0 Å². The predicted octanol–water partition coefficient (Wildman–Crippen LogP) is 4.42. The van der Waals surface area contributed by atoms with E-state index in [1.807, 2.05) is 0 Å². The second-order valence-electron chi connectivity index (χ2n) is 7.23. The monoisotopic (exact) mass is 287 g/mol. The molecule has 1 aromatic rings. The maximum absolute atomic E-state index is 6.08. The van der Waals surface area contributed by atoms with E-state index >= 15 is 0 Å². The van der Waals surface area contributed by atoms with Crippen molar-refractivity contribution in [3.63, 3.8) is 0 Å². The molecule has 1 aliphatic carbocycles. The molecule has 1 spiro atoms. The Morgan fingerprint density at radius 1 is 1.14 bits per heavy atom. The molecule has 1 saturated heterocycles. The van der Waals surface area contributed by atoms with E-state index in [0.29, 0.717) is 17.9 Å². The number of benzene rings is 1. The van der Waals surface area contributed by atoms with E-state index in [1.54, 1.807) is 0 Å². The molecule has 1 saturated carbocycles. The number of nitrogens with one attached hydrogen (secondary N) is 1. The minimum Gasteiger partial charge on any atom is -0.375 e. The van der Waals surface area contributed by atoms with Crippen molar-refractivity contribution >= 4 is 0 Å². The summed E-state index contributed by atoms with van der Waals surface area (Å²) < 4.78 is 6.08. The Balaban J connectivity index is 1.74. The van der Waals surface area contributed by atoms with Crippen molar-refractivity contribution in [1.29, 1.82) is 0 Å². The largest absolute Gasteiger partial charge is 0.375 e. The van der Waals surface area contributed by atoms with Crippen LogP contribution in [0.5, 0.6) is 0 Å². The van der Waals surface area contributed by atoms with Gasteiger partial charge in [-0.15, -0.1) is 0 Å². The van der Waals surface area contributed by atoms with E-state index < -0.39 is 0 Å². The molecule has 0 bridgehead atoms. The van der Waals surface area contributed by atoms with Crippen LogP contribution in [0.15, 0.2) is 24.3 Å². The van der Waals surface area contributed by atoms with Crippen LogP contribution in [-0.4, -0.2) is 19.3 Å². The lowest BCUT2D eigenvalue weighted by atomic mass is 9.69. The van der Waals surface area contributed by atoms with Crippen LogP contribution in [-0.2, 0) is 4.74 Å². The van der Waals surface area contributed by atoms with Crippen LogP contribution >= 0.6 is 0 Å². The van der Waals surface area contributed by atoms with Gasteiger partial charge in [0.1, 0.15) is 0 Å². The normalized spacial score (nSPS) is 25.8. The smallest absolute Gasteiger partial charge is 0.0686 e. The first-order chi connectivity index (χ1) is 10.1. The van der Waals surface area contributed by atoms with Gasteiger partial charge in [0.05, 0.1) is 5.60 Å². The molecular formula is C19H29NO. The van der Waals surface area contributed by atoms with E-state index in [4.69, 9.17) is 4.74 Å². The molecule has 21 heavy (non-hydrogen) atoms. The molecule has 0 aromatic heterocycles. The number of hydrogen-bond donors (Lipinski definition) is 1. The highest BCUT2D eigenvalue weighted by atomic mass is 16.5. The fraction of sp³-hybridized carbons (Fsp3) is 0.684. The fourth-order valence-electron chi connectivity index (χ4n) is 4.03. The second-order valence-corrected chi connectivity index (χ2v) is 7.23. The van der Waals surface area contributed by atoms with Crippen LogP contribution < -0.4 is 5.32 Å². The van der Waals surface area contributed by atoms with E-state index in [2.05, 4.69) is 50.5 Å². The van der Waals surface area contributed by atoms with Gasteiger partial charge in [0, 0.05) is 12.6 Å². The Labute approximate surface area is 129 Å². The third-order valence-corrected chi connectivity index (χ3v) is 5.54. The molecular weight excluding hydrogens is 258 g/mol. The van der Waals surface area contributed by atoms with Crippen molar-refractivity contribution in [3.05, 3.63) is 35.4 Å². The summed E-state index contributed by atoms with van der Waals surface area (Å²) >= 11 is 0. The highest BCUT2D eigenvalue weighted by Gasteiger charge is 2.44. The Kier molecular flexibility index (Phi) is 4.37. The maximum atomic E-state index is 6.08. The van der Waals surface area contributed by atoms with Crippen LogP contribution in [0.3, 0.4) is 0 Å². The van der Waals surface area contributed by atoms with E-state index in [1.165, 1.54) is 43.2 Å². The highest BCUT2D eigenvalue weighted by molar-refractivity contribution is 5.27. The van der Waals surface area contributed by atoms with Crippen molar-refractivity contribution in [3.8, 4) is 0 Å². The third-order valence-electron chi connectivity index (χ3n) is 5.54. The van der Waals surface area contributed by atoms with Gasteiger partial charge in [0.15, 0.2) is 0 Å². The van der Waals surface area contributed by atoms with Crippen molar-refractivity contribution < 1.29 is 4.74 Å². The highest BCUT2D eigenvalue weighted by Crippen LogP contribution is 2.47. The van der Waals surface area contributed by atoms with Crippen molar-refractivity contribution in [2.24, 2.45) is 5.92 Å². The summed E-state index contributed by atoms with van der Waals surface area (Å²) in [7, 11) is 2.10. The van der Waals surface area contributed by atoms with Gasteiger partial charge < -0.3 is 10.1 Å². The minimum atomic E-state index is 0.232. The minimum absolute atomic E-state index is 0.232. The van der Waals surface area contributed by atoms with E-state index in [-0.39, 0.29) is 5.60 Å². The summed E-state index contributed by atoms with van der Waals surface area (Å²) in [6.45, 7) is 5.44. The molecule has 2 fully saturated rings. The van der Waals surface area contributed by atoms with Crippen molar-refractivity contribution in [1.82, 2.24) is 5.32 Å². The van der Waals surface area contributed by atoms with Crippen molar-refractivity contribution in [2.45, 2.75) is 63.5 Å². The SMILES string of the molecule is CNC(c1ccc(C(C)C)cc1)C1CCOC2(CCC2)C1. The summed E-state index contributed by atoms with van der Waals surface area (Å²) in [6.07, 6.45) is 6.29. The van der Waals surface area contributed by atoms with Gasteiger partial charge in [-0.05, 0) is 62.1 Å². The molecule has 2 atom stereocenters. The summed E-state index contributed by atoms with van der Waals surface area (Å²) in [5, 5.41) is 3.57. The topological polar surface area (TPSA) is 21.3 Å². The molecule has 116 valence electrons. The number of rotatable bonds is 4.